The van der Waals surface area contributed by atoms with Crippen molar-refractivity contribution in [2.75, 3.05) is 6.61 Å². The molecule has 0 unspecified atom stereocenters. The van der Waals surface area contributed by atoms with Gasteiger partial charge in [-0.2, -0.15) is 0 Å². The molecule has 1 aliphatic rings. The van der Waals surface area contributed by atoms with Crippen LogP contribution in [-0.2, 0) is 11.8 Å². The van der Waals surface area contributed by atoms with Gasteiger partial charge in [0, 0.05) is 25.4 Å². The Morgan fingerprint density at radius 2 is 2.22 bits per heavy atom. The summed E-state index contributed by atoms with van der Waals surface area (Å²) in [6.07, 6.45) is 5.05. The van der Waals surface area contributed by atoms with Gasteiger partial charge in [-0.3, -0.25) is 4.79 Å². The molecule has 1 aliphatic heterocycles. The quantitative estimate of drug-likeness (QED) is 0.927. The van der Waals surface area contributed by atoms with E-state index in [1.54, 1.807) is 19.3 Å². The van der Waals surface area contributed by atoms with Crippen molar-refractivity contribution < 1.29 is 9.53 Å². The van der Waals surface area contributed by atoms with Crippen molar-refractivity contribution in [3.8, 4) is 0 Å². The van der Waals surface area contributed by atoms with E-state index >= 15 is 0 Å². The number of imidazole rings is 1. The van der Waals surface area contributed by atoms with Gasteiger partial charge in [0.05, 0.1) is 18.2 Å². The number of rotatable bonds is 3. The van der Waals surface area contributed by atoms with Gasteiger partial charge in [-0.1, -0.05) is 0 Å². The maximum absolute atomic E-state index is 12.4. The van der Waals surface area contributed by atoms with E-state index in [-0.39, 0.29) is 18.1 Å². The molecule has 1 fully saturated rings. The van der Waals surface area contributed by atoms with Gasteiger partial charge < -0.3 is 14.6 Å². The summed E-state index contributed by atoms with van der Waals surface area (Å²) in [7, 11) is 1.94. The number of amides is 1. The topological polar surface area (TPSA) is 81.9 Å². The third kappa shape index (κ3) is 3.56. The highest BCUT2D eigenvalue weighted by atomic mass is 16.5. The molecule has 2 aromatic heterocycles. The zero-order valence-electron chi connectivity index (χ0n) is 13.6. The maximum atomic E-state index is 12.4. The van der Waals surface area contributed by atoms with Gasteiger partial charge in [0.1, 0.15) is 17.6 Å². The molecular weight excluding hydrogens is 294 g/mol. The monoisotopic (exact) mass is 315 g/mol. The van der Waals surface area contributed by atoms with E-state index in [2.05, 4.69) is 20.3 Å². The number of hydrogen-bond donors (Lipinski definition) is 1. The molecule has 2 atom stereocenters. The molecule has 0 bridgehead atoms. The first kappa shape index (κ1) is 15.6. The van der Waals surface area contributed by atoms with E-state index in [0.29, 0.717) is 18.1 Å². The fourth-order valence-corrected chi connectivity index (χ4v) is 2.90. The molecule has 3 rings (SSSR count). The number of ether oxygens (including phenoxy) is 1. The van der Waals surface area contributed by atoms with Crippen molar-refractivity contribution in [3.63, 3.8) is 0 Å². The van der Waals surface area contributed by atoms with Gasteiger partial charge >= 0.3 is 0 Å². The van der Waals surface area contributed by atoms with E-state index in [4.69, 9.17) is 4.74 Å². The molecule has 1 N–H and O–H groups in total. The summed E-state index contributed by atoms with van der Waals surface area (Å²) < 4.78 is 7.77. The molecule has 0 aromatic carbocycles. The third-order valence-corrected chi connectivity index (χ3v) is 4.00. The number of aromatic nitrogens is 4. The summed E-state index contributed by atoms with van der Waals surface area (Å²) >= 11 is 0. The van der Waals surface area contributed by atoms with E-state index in [9.17, 15) is 4.79 Å². The van der Waals surface area contributed by atoms with Crippen LogP contribution >= 0.6 is 0 Å². The van der Waals surface area contributed by atoms with Gasteiger partial charge in [0.2, 0.25) is 0 Å². The fraction of sp³-hybridized carbons (Fsp3) is 0.500. The largest absolute Gasteiger partial charge is 0.372 e. The van der Waals surface area contributed by atoms with Crippen LogP contribution in [0.1, 0.15) is 46.6 Å². The first-order chi connectivity index (χ1) is 11.0. The van der Waals surface area contributed by atoms with Crippen LogP contribution in [0.3, 0.4) is 0 Å². The molecule has 7 heteroatoms. The molecule has 3 heterocycles. The lowest BCUT2D eigenvalue weighted by molar-refractivity contribution is -0.00305. The predicted molar refractivity (Wildman–Crippen MR) is 83.9 cm³/mol. The van der Waals surface area contributed by atoms with Gasteiger partial charge in [0.25, 0.3) is 5.91 Å². The summed E-state index contributed by atoms with van der Waals surface area (Å²) in [5.74, 6) is 0.448. The van der Waals surface area contributed by atoms with Crippen LogP contribution in [0.25, 0.3) is 0 Å². The van der Waals surface area contributed by atoms with E-state index in [0.717, 1.165) is 24.2 Å². The van der Waals surface area contributed by atoms with Crippen LogP contribution in [0.4, 0.5) is 0 Å². The molecule has 0 aliphatic carbocycles. The number of carbonyl (C=O) groups is 1. The number of hydrogen-bond acceptors (Lipinski definition) is 5. The Hall–Kier alpha value is -2.28. The summed E-state index contributed by atoms with van der Waals surface area (Å²) in [4.78, 5) is 25.0. The van der Waals surface area contributed by atoms with Crippen LogP contribution in [0.5, 0.6) is 0 Å². The molecule has 0 radical (unpaired) electrons. The summed E-state index contributed by atoms with van der Waals surface area (Å²) in [6.45, 7) is 4.26. The second-order valence-electron chi connectivity index (χ2n) is 5.93. The van der Waals surface area contributed by atoms with Gasteiger partial charge in [-0.25, -0.2) is 15.0 Å². The Morgan fingerprint density at radius 1 is 1.39 bits per heavy atom. The van der Waals surface area contributed by atoms with Crippen LogP contribution in [-0.4, -0.2) is 38.1 Å². The molecule has 122 valence electrons. The van der Waals surface area contributed by atoms with Gasteiger partial charge in [0.15, 0.2) is 0 Å². The van der Waals surface area contributed by atoms with Crippen molar-refractivity contribution >= 4 is 5.91 Å². The predicted octanol–water partition coefficient (Wildman–Crippen LogP) is 1.48. The lowest BCUT2D eigenvalue weighted by Gasteiger charge is -2.30. The van der Waals surface area contributed by atoms with Crippen LogP contribution < -0.4 is 5.32 Å². The SMILES string of the molecule is Cc1cc(C(=O)N[C@H]2CCO[C@@H](c3cncn3C)C2)nc(C)n1. The zero-order valence-corrected chi connectivity index (χ0v) is 13.6. The van der Waals surface area contributed by atoms with Crippen molar-refractivity contribution in [2.24, 2.45) is 7.05 Å². The molecule has 0 spiro atoms. The first-order valence-corrected chi connectivity index (χ1v) is 7.74. The fourth-order valence-electron chi connectivity index (χ4n) is 2.90. The number of nitrogens with one attached hydrogen (secondary N) is 1. The van der Waals surface area contributed by atoms with Crippen molar-refractivity contribution in [2.45, 2.75) is 38.8 Å². The first-order valence-electron chi connectivity index (χ1n) is 7.74. The lowest BCUT2D eigenvalue weighted by atomic mass is 10.0. The Balaban J connectivity index is 1.67. The smallest absolute Gasteiger partial charge is 0.270 e. The van der Waals surface area contributed by atoms with Gasteiger partial charge in [-0.15, -0.1) is 0 Å². The van der Waals surface area contributed by atoms with E-state index in [1.807, 2.05) is 24.7 Å². The maximum Gasteiger partial charge on any atom is 0.270 e. The molecule has 2 aromatic rings. The minimum atomic E-state index is -0.158. The summed E-state index contributed by atoms with van der Waals surface area (Å²) in [6, 6.07) is 1.77. The molecule has 23 heavy (non-hydrogen) atoms. The minimum absolute atomic E-state index is 0.0459. The van der Waals surface area contributed by atoms with Crippen molar-refractivity contribution in [1.29, 1.82) is 0 Å². The van der Waals surface area contributed by atoms with Gasteiger partial charge in [-0.05, 0) is 32.8 Å². The lowest BCUT2D eigenvalue weighted by Crippen LogP contribution is -2.40. The number of nitrogens with zero attached hydrogens (tertiary/aromatic N) is 4. The third-order valence-electron chi connectivity index (χ3n) is 4.00. The average Bonchev–Trinajstić information content (AvgIpc) is 2.92. The van der Waals surface area contributed by atoms with Crippen molar-refractivity contribution in [1.82, 2.24) is 24.8 Å². The molecule has 7 nitrogen and oxygen atoms in total. The van der Waals surface area contributed by atoms with E-state index in [1.165, 1.54) is 0 Å². The Morgan fingerprint density at radius 3 is 2.91 bits per heavy atom. The van der Waals surface area contributed by atoms with Crippen LogP contribution in [0.2, 0.25) is 0 Å². The standard InChI is InChI=1S/C16H21N5O2/c1-10-6-13(19-11(2)18-10)16(22)20-12-4-5-23-15(7-12)14-8-17-9-21(14)3/h6,8-9,12,15H,4-5,7H2,1-3H3,(H,20,22)/t12-,15+/m0/s1. The Labute approximate surface area is 135 Å². The van der Waals surface area contributed by atoms with Crippen molar-refractivity contribution in [3.05, 3.63) is 41.5 Å². The molecule has 1 amide bonds. The Bertz CT molecular complexity index is 692. The second kappa shape index (κ2) is 6.45. The summed E-state index contributed by atoms with van der Waals surface area (Å²) in [5.41, 5.74) is 2.23. The zero-order chi connectivity index (χ0) is 16.4. The van der Waals surface area contributed by atoms with Crippen LogP contribution in [0, 0.1) is 13.8 Å². The highest BCUT2D eigenvalue weighted by Gasteiger charge is 2.27. The molecule has 0 saturated carbocycles. The normalized spacial score (nSPS) is 21.2. The van der Waals surface area contributed by atoms with E-state index < -0.39 is 0 Å². The second-order valence-corrected chi connectivity index (χ2v) is 5.93. The summed E-state index contributed by atoms with van der Waals surface area (Å²) in [5, 5.41) is 3.06. The highest BCUT2D eigenvalue weighted by molar-refractivity contribution is 5.92. The highest BCUT2D eigenvalue weighted by Crippen LogP contribution is 2.27. The average molecular weight is 315 g/mol. The molecular formula is C16H21N5O2. The molecule has 1 saturated heterocycles. The Kier molecular flexibility index (Phi) is 4.38. The van der Waals surface area contributed by atoms with Crippen LogP contribution in [0.15, 0.2) is 18.6 Å². The number of carbonyl (C=O) groups excluding carboxylic acids is 1. The minimum Gasteiger partial charge on any atom is -0.372 e. The number of aryl methyl sites for hydroxylation is 3.